The lowest BCUT2D eigenvalue weighted by Crippen LogP contribution is -2.26. The molecule has 0 aliphatic rings. The predicted molar refractivity (Wildman–Crippen MR) is 68.3 cm³/mol. The lowest BCUT2D eigenvalue weighted by Gasteiger charge is -2.18. The number of carbonyl (C=O) groups is 2. The molecule has 1 atom stereocenters. The average molecular weight is 268 g/mol. The molecular formula is C12H20N4O3. The largest absolute Gasteiger partial charge is 0.455 e. The van der Waals surface area contributed by atoms with Crippen LogP contribution < -0.4 is 5.73 Å². The molecule has 0 aliphatic heterocycles. The van der Waals surface area contributed by atoms with E-state index in [9.17, 15) is 9.59 Å². The molecule has 0 bridgehead atoms. The molecule has 1 unspecified atom stereocenters. The van der Waals surface area contributed by atoms with Crippen LogP contribution in [-0.2, 0) is 16.1 Å². The van der Waals surface area contributed by atoms with Gasteiger partial charge in [0.05, 0.1) is 18.2 Å². The minimum Gasteiger partial charge on any atom is -0.455 e. The maximum Gasteiger partial charge on any atom is 0.361 e. The number of hydrogen-bond donors (Lipinski definition) is 1. The average Bonchev–Trinajstić information content (AvgIpc) is 2.58. The summed E-state index contributed by atoms with van der Waals surface area (Å²) in [7, 11) is 0. The van der Waals surface area contributed by atoms with Crippen LogP contribution in [0.15, 0.2) is 0 Å². The highest BCUT2D eigenvalue weighted by Gasteiger charge is 2.24. The van der Waals surface area contributed by atoms with Crippen LogP contribution in [0.3, 0.4) is 0 Å². The number of esters is 1. The van der Waals surface area contributed by atoms with E-state index >= 15 is 0 Å². The Balaban J connectivity index is 2.87. The molecule has 0 saturated heterocycles. The zero-order valence-corrected chi connectivity index (χ0v) is 11.9. The quantitative estimate of drug-likeness (QED) is 0.809. The molecule has 1 heterocycles. The standard InChI is InChI=1S/C12H20N4O3/c1-7(10(13)17)6-16-8(2)9(14-15-16)11(18)19-12(3,4)5/h7H,6H2,1-5H3,(H2,13,17). The van der Waals surface area contributed by atoms with Crippen molar-refractivity contribution in [3.8, 4) is 0 Å². The normalized spacial score (nSPS) is 13.1. The van der Waals surface area contributed by atoms with Crippen LogP contribution in [0.25, 0.3) is 0 Å². The lowest BCUT2D eigenvalue weighted by molar-refractivity contribution is -0.121. The Morgan fingerprint density at radius 1 is 1.42 bits per heavy atom. The summed E-state index contributed by atoms with van der Waals surface area (Å²) < 4.78 is 6.70. The molecule has 0 aromatic carbocycles. The first-order valence-electron chi connectivity index (χ1n) is 6.04. The zero-order chi connectivity index (χ0) is 14.8. The summed E-state index contributed by atoms with van der Waals surface area (Å²) in [5.74, 6) is -1.33. The third-order valence-electron chi connectivity index (χ3n) is 2.51. The number of rotatable bonds is 4. The van der Waals surface area contributed by atoms with Crippen molar-refractivity contribution >= 4 is 11.9 Å². The summed E-state index contributed by atoms with van der Waals surface area (Å²) >= 11 is 0. The first kappa shape index (κ1) is 15.1. The highest BCUT2D eigenvalue weighted by Crippen LogP contribution is 2.13. The van der Waals surface area contributed by atoms with E-state index in [2.05, 4.69) is 10.3 Å². The maximum absolute atomic E-state index is 11.9. The van der Waals surface area contributed by atoms with Gasteiger partial charge in [0.2, 0.25) is 5.91 Å². The van der Waals surface area contributed by atoms with E-state index in [0.29, 0.717) is 5.69 Å². The van der Waals surface area contributed by atoms with Crippen LogP contribution in [0.5, 0.6) is 0 Å². The van der Waals surface area contributed by atoms with Crippen LogP contribution >= 0.6 is 0 Å². The lowest BCUT2D eigenvalue weighted by atomic mass is 10.1. The fraction of sp³-hybridized carbons (Fsp3) is 0.667. The Kier molecular flexibility index (Phi) is 4.28. The summed E-state index contributed by atoms with van der Waals surface area (Å²) in [4.78, 5) is 22.9. The van der Waals surface area contributed by atoms with Gasteiger partial charge in [-0.25, -0.2) is 9.48 Å². The summed E-state index contributed by atoms with van der Waals surface area (Å²) in [6.45, 7) is 9.01. The van der Waals surface area contributed by atoms with Crippen molar-refractivity contribution in [3.05, 3.63) is 11.4 Å². The Morgan fingerprint density at radius 2 is 2.00 bits per heavy atom. The number of carbonyl (C=O) groups excluding carboxylic acids is 2. The van der Waals surface area contributed by atoms with Gasteiger partial charge in [0, 0.05) is 0 Å². The van der Waals surface area contributed by atoms with Gasteiger partial charge in [-0.15, -0.1) is 5.10 Å². The third-order valence-corrected chi connectivity index (χ3v) is 2.51. The Bertz CT molecular complexity index is 488. The molecular weight excluding hydrogens is 248 g/mol. The van der Waals surface area contributed by atoms with E-state index in [0.717, 1.165) is 0 Å². The van der Waals surface area contributed by atoms with Crippen molar-refractivity contribution in [1.82, 2.24) is 15.0 Å². The van der Waals surface area contributed by atoms with Crippen molar-refractivity contribution in [1.29, 1.82) is 0 Å². The number of primary amides is 1. The number of aromatic nitrogens is 3. The topological polar surface area (TPSA) is 100 Å². The highest BCUT2D eigenvalue weighted by molar-refractivity contribution is 5.88. The van der Waals surface area contributed by atoms with E-state index in [1.807, 2.05) is 0 Å². The van der Waals surface area contributed by atoms with Gasteiger partial charge in [0.25, 0.3) is 0 Å². The molecule has 2 N–H and O–H groups in total. The number of nitrogens with two attached hydrogens (primary N) is 1. The first-order valence-corrected chi connectivity index (χ1v) is 6.04. The Morgan fingerprint density at radius 3 is 2.47 bits per heavy atom. The predicted octanol–water partition coefficient (Wildman–Crippen LogP) is 0.663. The molecule has 0 spiro atoms. The number of nitrogens with zero attached hydrogens (tertiary/aromatic N) is 3. The van der Waals surface area contributed by atoms with Crippen LogP contribution in [-0.4, -0.2) is 32.5 Å². The van der Waals surface area contributed by atoms with Crippen molar-refractivity contribution in [2.24, 2.45) is 11.7 Å². The number of ether oxygens (including phenoxy) is 1. The van der Waals surface area contributed by atoms with Gasteiger partial charge in [0.1, 0.15) is 5.60 Å². The monoisotopic (exact) mass is 268 g/mol. The second kappa shape index (κ2) is 5.38. The van der Waals surface area contributed by atoms with Crippen molar-refractivity contribution in [2.45, 2.75) is 46.8 Å². The minimum atomic E-state index is -0.589. The van der Waals surface area contributed by atoms with Gasteiger partial charge in [-0.2, -0.15) is 0 Å². The molecule has 19 heavy (non-hydrogen) atoms. The number of hydrogen-bond acceptors (Lipinski definition) is 5. The highest BCUT2D eigenvalue weighted by atomic mass is 16.6. The molecule has 1 rings (SSSR count). The molecule has 0 aliphatic carbocycles. The van der Waals surface area contributed by atoms with Crippen molar-refractivity contribution < 1.29 is 14.3 Å². The van der Waals surface area contributed by atoms with Gasteiger partial charge >= 0.3 is 5.97 Å². The molecule has 106 valence electrons. The van der Waals surface area contributed by atoms with E-state index in [4.69, 9.17) is 10.5 Å². The van der Waals surface area contributed by atoms with Gasteiger partial charge in [-0.1, -0.05) is 12.1 Å². The molecule has 0 radical (unpaired) electrons. The second-order valence-electron chi connectivity index (χ2n) is 5.51. The van der Waals surface area contributed by atoms with E-state index in [1.165, 1.54) is 4.68 Å². The van der Waals surface area contributed by atoms with Crippen molar-refractivity contribution in [3.63, 3.8) is 0 Å². The smallest absolute Gasteiger partial charge is 0.361 e. The maximum atomic E-state index is 11.9. The zero-order valence-electron chi connectivity index (χ0n) is 11.9. The second-order valence-corrected chi connectivity index (χ2v) is 5.51. The third kappa shape index (κ3) is 4.04. The molecule has 0 saturated carbocycles. The van der Waals surface area contributed by atoms with Gasteiger partial charge < -0.3 is 10.5 Å². The molecule has 1 amide bonds. The molecule has 7 heteroatoms. The molecule has 0 fully saturated rings. The van der Waals surface area contributed by atoms with Gasteiger partial charge in [0.15, 0.2) is 5.69 Å². The Hall–Kier alpha value is -1.92. The first-order chi connectivity index (χ1) is 8.61. The van der Waals surface area contributed by atoms with Crippen LogP contribution in [0, 0.1) is 12.8 Å². The molecule has 1 aromatic rings. The van der Waals surface area contributed by atoms with E-state index in [1.54, 1.807) is 34.6 Å². The summed E-state index contributed by atoms with van der Waals surface area (Å²) in [6.07, 6.45) is 0. The SMILES string of the molecule is Cc1c(C(=O)OC(C)(C)C)nnn1CC(C)C(N)=O. The van der Waals surface area contributed by atoms with Crippen LogP contribution in [0.1, 0.15) is 43.9 Å². The summed E-state index contributed by atoms with van der Waals surface area (Å²) in [5, 5.41) is 7.65. The Labute approximate surface area is 112 Å². The molecule has 1 aromatic heterocycles. The summed E-state index contributed by atoms with van der Waals surface area (Å²) in [6, 6.07) is 0. The fourth-order valence-corrected chi connectivity index (χ4v) is 1.40. The number of amides is 1. The minimum absolute atomic E-state index is 0.159. The fourth-order valence-electron chi connectivity index (χ4n) is 1.40. The molecule has 7 nitrogen and oxygen atoms in total. The summed E-state index contributed by atoms with van der Waals surface area (Å²) in [5.41, 5.74) is 5.32. The van der Waals surface area contributed by atoms with Crippen LogP contribution in [0.2, 0.25) is 0 Å². The van der Waals surface area contributed by atoms with Crippen LogP contribution in [0.4, 0.5) is 0 Å². The van der Waals surface area contributed by atoms with E-state index in [-0.39, 0.29) is 18.2 Å². The van der Waals surface area contributed by atoms with Gasteiger partial charge in [-0.05, 0) is 27.7 Å². The van der Waals surface area contributed by atoms with Gasteiger partial charge in [-0.3, -0.25) is 4.79 Å². The van der Waals surface area contributed by atoms with Crippen molar-refractivity contribution in [2.75, 3.05) is 0 Å². The van der Waals surface area contributed by atoms with E-state index < -0.39 is 17.5 Å².